The van der Waals surface area contributed by atoms with Crippen LogP contribution in [-0.4, -0.2) is 15.8 Å². The first-order valence-electron chi connectivity index (χ1n) is 9.05. The van der Waals surface area contributed by atoms with Gasteiger partial charge in [0.25, 0.3) is 11.6 Å². The number of halogens is 1. The molecule has 3 aromatic carbocycles. The third kappa shape index (κ3) is 3.88. The quantitative estimate of drug-likeness (QED) is 0.325. The van der Waals surface area contributed by atoms with Crippen LogP contribution in [0.4, 0.5) is 11.4 Å². The Labute approximate surface area is 176 Å². The number of nitrogens with one attached hydrogen (secondary N) is 1. The van der Waals surface area contributed by atoms with Gasteiger partial charge in [-0.3, -0.25) is 14.9 Å². The van der Waals surface area contributed by atoms with Crippen LogP contribution in [-0.2, 0) is 0 Å². The molecule has 4 aromatic rings. The summed E-state index contributed by atoms with van der Waals surface area (Å²) in [5, 5.41) is 13.7. The minimum absolute atomic E-state index is 0.0283. The maximum absolute atomic E-state index is 12.5. The summed E-state index contributed by atoms with van der Waals surface area (Å²) in [6.07, 6.45) is 0. The zero-order valence-electron chi connectivity index (χ0n) is 16.1. The molecule has 150 valence electrons. The predicted molar refractivity (Wildman–Crippen MR) is 115 cm³/mol. The number of carbonyl (C=O) groups excluding carboxylic acids is 1. The number of nitro groups is 1. The highest BCUT2D eigenvalue weighted by Gasteiger charge is 2.17. The molecule has 1 heterocycles. The summed E-state index contributed by atoms with van der Waals surface area (Å²) < 4.78 is 5.85. The second-order valence-electron chi connectivity index (χ2n) is 6.96. The van der Waals surface area contributed by atoms with E-state index in [0.29, 0.717) is 22.7 Å². The average Bonchev–Trinajstić information content (AvgIpc) is 3.11. The average molecular weight is 422 g/mol. The van der Waals surface area contributed by atoms with Crippen molar-refractivity contribution >= 4 is 40.0 Å². The van der Waals surface area contributed by atoms with Gasteiger partial charge in [0.2, 0.25) is 5.89 Å². The molecule has 0 aliphatic rings. The molecule has 30 heavy (non-hydrogen) atoms. The van der Waals surface area contributed by atoms with Crippen molar-refractivity contribution in [2.45, 2.75) is 13.8 Å². The lowest BCUT2D eigenvalue weighted by atomic mass is 10.1. The summed E-state index contributed by atoms with van der Waals surface area (Å²) >= 11 is 5.80. The first kappa shape index (κ1) is 19.6. The number of benzene rings is 3. The molecule has 0 aliphatic carbocycles. The number of aromatic nitrogens is 1. The fourth-order valence-electron chi connectivity index (χ4n) is 3.22. The number of anilines is 1. The van der Waals surface area contributed by atoms with Crippen molar-refractivity contribution in [2.75, 3.05) is 5.32 Å². The zero-order chi connectivity index (χ0) is 21.4. The molecule has 0 saturated carbocycles. The van der Waals surface area contributed by atoms with Gasteiger partial charge in [-0.05, 0) is 56.3 Å². The Balaban J connectivity index is 1.62. The van der Waals surface area contributed by atoms with Gasteiger partial charge in [0, 0.05) is 22.9 Å². The van der Waals surface area contributed by atoms with Gasteiger partial charge in [0.05, 0.1) is 4.92 Å². The fraction of sp³-hybridized carbons (Fsp3) is 0.0909. The molecule has 0 unspecified atom stereocenters. The number of aryl methyl sites for hydroxylation is 2. The number of amides is 1. The fourth-order valence-corrected chi connectivity index (χ4v) is 3.41. The van der Waals surface area contributed by atoms with E-state index in [1.807, 2.05) is 26.0 Å². The van der Waals surface area contributed by atoms with Crippen molar-refractivity contribution in [3.05, 3.63) is 86.4 Å². The molecule has 4 rings (SSSR count). The van der Waals surface area contributed by atoms with Crippen LogP contribution in [0.15, 0.2) is 59.0 Å². The standard InChI is InChI=1S/C22H16ClN3O4/c1-12-7-13(2)9-15(8-12)22-25-18-11-16(4-6-20(18)30-22)24-21(27)14-3-5-17(23)19(10-14)26(28)29/h3-11H,1-2H3,(H,24,27). The van der Waals surface area contributed by atoms with Crippen LogP contribution >= 0.6 is 11.6 Å². The lowest BCUT2D eigenvalue weighted by Crippen LogP contribution is -2.12. The van der Waals surface area contributed by atoms with Crippen molar-refractivity contribution < 1.29 is 14.1 Å². The minimum Gasteiger partial charge on any atom is -0.436 e. The molecule has 0 spiro atoms. The van der Waals surface area contributed by atoms with Crippen molar-refractivity contribution in [3.8, 4) is 11.5 Å². The van der Waals surface area contributed by atoms with Crippen LogP contribution in [0.5, 0.6) is 0 Å². The van der Waals surface area contributed by atoms with E-state index < -0.39 is 10.8 Å². The Bertz CT molecular complexity index is 1290. The third-order valence-corrected chi connectivity index (χ3v) is 4.84. The SMILES string of the molecule is Cc1cc(C)cc(-c2nc3cc(NC(=O)c4ccc(Cl)c([N+](=O)[O-])c4)ccc3o2)c1. The van der Waals surface area contributed by atoms with Gasteiger partial charge in [-0.15, -0.1) is 0 Å². The van der Waals surface area contributed by atoms with E-state index in [2.05, 4.69) is 16.4 Å². The monoisotopic (exact) mass is 421 g/mol. The van der Waals surface area contributed by atoms with E-state index in [4.69, 9.17) is 16.0 Å². The van der Waals surface area contributed by atoms with Crippen molar-refractivity contribution in [1.29, 1.82) is 0 Å². The van der Waals surface area contributed by atoms with Crippen molar-refractivity contribution in [3.63, 3.8) is 0 Å². The van der Waals surface area contributed by atoms with Crippen LogP contribution in [0.3, 0.4) is 0 Å². The number of oxazole rings is 1. The largest absolute Gasteiger partial charge is 0.436 e. The van der Waals surface area contributed by atoms with Gasteiger partial charge < -0.3 is 9.73 Å². The lowest BCUT2D eigenvalue weighted by Gasteiger charge is -2.05. The highest BCUT2D eigenvalue weighted by molar-refractivity contribution is 6.32. The van der Waals surface area contributed by atoms with Crippen LogP contribution in [0, 0.1) is 24.0 Å². The lowest BCUT2D eigenvalue weighted by molar-refractivity contribution is -0.384. The Kier molecular flexibility index (Phi) is 4.97. The molecule has 0 atom stereocenters. The molecular formula is C22H16ClN3O4. The highest BCUT2D eigenvalue weighted by Crippen LogP contribution is 2.28. The summed E-state index contributed by atoms with van der Waals surface area (Å²) in [6, 6.07) is 15.0. The smallest absolute Gasteiger partial charge is 0.288 e. The molecule has 0 fully saturated rings. The van der Waals surface area contributed by atoms with Gasteiger partial charge in [-0.25, -0.2) is 4.98 Å². The first-order valence-corrected chi connectivity index (χ1v) is 9.42. The van der Waals surface area contributed by atoms with Gasteiger partial charge in [-0.2, -0.15) is 0 Å². The summed E-state index contributed by atoms with van der Waals surface area (Å²) in [6.45, 7) is 4.02. The highest BCUT2D eigenvalue weighted by atomic mass is 35.5. The molecule has 0 saturated heterocycles. The number of fused-ring (bicyclic) bond motifs is 1. The molecule has 0 aliphatic heterocycles. The first-order chi connectivity index (χ1) is 14.3. The van der Waals surface area contributed by atoms with Crippen LogP contribution in [0.2, 0.25) is 5.02 Å². The summed E-state index contributed by atoms with van der Waals surface area (Å²) in [4.78, 5) is 27.5. The minimum atomic E-state index is -0.630. The molecule has 0 radical (unpaired) electrons. The van der Waals surface area contributed by atoms with Gasteiger partial charge in [0.15, 0.2) is 5.58 Å². The maximum Gasteiger partial charge on any atom is 0.288 e. The van der Waals surface area contributed by atoms with Gasteiger partial charge in [-0.1, -0.05) is 28.8 Å². The number of carbonyl (C=O) groups is 1. The molecule has 1 N–H and O–H groups in total. The van der Waals surface area contributed by atoms with Crippen LogP contribution in [0.25, 0.3) is 22.6 Å². The van der Waals surface area contributed by atoms with Crippen molar-refractivity contribution in [1.82, 2.24) is 4.98 Å². The number of nitro benzene ring substituents is 1. The van der Waals surface area contributed by atoms with E-state index in [1.165, 1.54) is 12.1 Å². The molecule has 1 aromatic heterocycles. The van der Waals surface area contributed by atoms with Gasteiger partial charge in [0.1, 0.15) is 10.5 Å². The molecular weight excluding hydrogens is 406 g/mol. The second kappa shape index (κ2) is 7.61. The Hall–Kier alpha value is -3.71. The molecule has 8 heteroatoms. The molecule has 1 amide bonds. The number of nitrogens with zero attached hydrogens (tertiary/aromatic N) is 2. The Morgan fingerprint density at radius 3 is 2.50 bits per heavy atom. The molecule has 0 bridgehead atoms. The van der Waals surface area contributed by atoms with E-state index >= 15 is 0 Å². The Morgan fingerprint density at radius 2 is 1.80 bits per heavy atom. The Morgan fingerprint density at radius 1 is 1.07 bits per heavy atom. The van der Waals surface area contributed by atoms with E-state index in [-0.39, 0.29) is 16.3 Å². The number of hydrogen-bond acceptors (Lipinski definition) is 5. The zero-order valence-corrected chi connectivity index (χ0v) is 16.9. The van der Waals surface area contributed by atoms with Gasteiger partial charge >= 0.3 is 0 Å². The summed E-state index contributed by atoms with van der Waals surface area (Å²) in [5.74, 6) is 0.000691. The maximum atomic E-state index is 12.5. The second-order valence-corrected chi connectivity index (χ2v) is 7.36. The third-order valence-electron chi connectivity index (χ3n) is 4.52. The number of hydrogen-bond donors (Lipinski definition) is 1. The summed E-state index contributed by atoms with van der Waals surface area (Å²) in [7, 11) is 0. The summed E-state index contributed by atoms with van der Waals surface area (Å²) in [5.41, 5.74) is 4.56. The van der Waals surface area contributed by atoms with Crippen molar-refractivity contribution in [2.24, 2.45) is 0 Å². The number of rotatable bonds is 4. The van der Waals surface area contributed by atoms with Crippen LogP contribution in [0.1, 0.15) is 21.5 Å². The van der Waals surface area contributed by atoms with E-state index in [0.717, 1.165) is 22.8 Å². The van der Waals surface area contributed by atoms with E-state index in [1.54, 1.807) is 18.2 Å². The normalized spacial score (nSPS) is 10.9. The molecule has 7 nitrogen and oxygen atoms in total. The van der Waals surface area contributed by atoms with E-state index in [9.17, 15) is 14.9 Å². The topological polar surface area (TPSA) is 98.3 Å². The predicted octanol–water partition coefficient (Wildman–Crippen LogP) is 5.93. The van der Waals surface area contributed by atoms with Crippen LogP contribution < -0.4 is 5.32 Å².